The zero-order valence-corrected chi connectivity index (χ0v) is 20.8. The number of benzene rings is 1. The molecule has 1 aromatic carbocycles. The number of hydrogen-bond acceptors (Lipinski definition) is 7. The van der Waals surface area contributed by atoms with Gasteiger partial charge in [0.25, 0.3) is 10.0 Å². The predicted molar refractivity (Wildman–Crippen MR) is 125 cm³/mol. The first-order chi connectivity index (χ1) is 15.7. The number of rotatable bonds is 8. The van der Waals surface area contributed by atoms with Gasteiger partial charge in [0.1, 0.15) is 4.21 Å². The zero-order valence-electron chi connectivity index (χ0n) is 19.2. The maximum Gasteiger partial charge on any atom is 0.421 e. The van der Waals surface area contributed by atoms with E-state index in [0.717, 1.165) is 11.3 Å². The average Bonchev–Trinajstić information content (AvgIpc) is 3.33. The number of halogens is 3. The van der Waals surface area contributed by atoms with Crippen molar-refractivity contribution < 1.29 is 31.8 Å². The van der Waals surface area contributed by atoms with Crippen LogP contribution in [0.2, 0.25) is 0 Å². The fraction of sp³-hybridized carbons (Fsp3) is 0.545. The van der Waals surface area contributed by atoms with Gasteiger partial charge in [0.15, 0.2) is 5.60 Å². The van der Waals surface area contributed by atoms with Crippen LogP contribution in [0.25, 0.3) is 0 Å². The predicted octanol–water partition coefficient (Wildman–Crippen LogP) is 2.76. The number of nitrogens with zero attached hydrogens (tertiary/aromatic N) is 2. The van der Waals surface area contributed by atoms with Crippen LogP contribution in [0, 0.1) is 0 Å². The molecule has 7 nitrogen and oxygen atoms in total. The quantitative estimate of drug-likeness (QED) is 0.495. The van der Waals surface area contributed by atoms with Gasteiger partial charge in [-0.25, -0.2) is 8.42 Å². The number of thiophene rings is 1. The third-order valence-corrected chi connectivity index (χ3v) is 9.30. The highest BCUT2D eigenvalue weighted by molar-refractivity contribution is 7.91. The molecule has 1 aromatic heterocycles. The Morgan fingerprint density at radius 1 is 1.12 bits per heavy atom. The van der Waals surface area contributed by atoms with Gasteiger partial charge in [-0.15, -0.1) is 11.3 Å². The van der Waals surface area contributed by atoms with Crippen molar-refractivity contribution in [2.75, 3.05) is 37.7 Å². The zero-order chi connectivity index (χ0) is 25.4. The van der Waals surface area contributed by atoms with E-state index in [1.165, 1.54) is 28.6 Å². The Labute approximate surface area is 201 Å². The van der Waals surface area contributed by atoms with Crippen molar-refractivity contribution >= 4 is 27.0 Å². The summed E-state index contributed by atoms with van der Waals surface area (Å²) in [5.74, 6) is 0. The molecule has 12 heteroatoms. The topological polar surface area (TPSA) is 93.1 Å². The van der Waals surface area contributed by atoms with Crippen LogP contribution in [-0.4, -0.2) is 73.5 Å². The second kappa shape index (κ2) is 9.75. The van der Waals surface area contributed by atoms with E-state index in [9.17, 15) is 31.8 Å². The van der Waals surface area contributed by atoms with Crippen LogP contribution in [0.15, 0.2) is 46.0 Å². The molecule has 1 fully saturated rings. The first-order valence-corrected chi connectivity index (χ1v) is 13.1. The lowest BCUT2D eigenvalue weighted by molar-refractivity contribution is -0.258. The Morgan fingerprint density at radius 2 is 1.76 bits per heavy atom. The normalized spacial score (nSPS) is 20.4. The summed E-state index contributed by atoms with van der Waals surface area (Å²) in [4.78, 5) is 1.94. The van der Waals surface area contributed by atoms with Crippen molar-refractivity contribution in [2.24, 2.45) is 0 Å². The molecule has 0 saturated carbocycles. The largest absolute Gasteiger partial charge is 0.421 e. The first-order valence-electron chi connectivity index (χ1n) is 10.7. The van der Waals surface area contributed by atoms with Crippen LogP contribution < -0.4 is 10.2 Å². The van der Waals surface area contributed by atoms with E-state index < -0.39 is 27.3 Å². The fourth-order valence-corrected chi connectivity index (χ4v) is 6.30. The Morgan fingerprint density at radius 3 is 2.29 bits per heavy atom. The van der Waals surface area contributed by atoms with E-state index >= 15 is 0 Å². The molecule has 0 bridgehead atoms. The van der Waals surface area contributed by atoms with Gasteiger partial charge in [0.05, 0.1) is 12.6 Å². The number of aliphatic hydroxyl groups is 2. The standard InChI is InChI=1S/C22H30F3N3O4S2/c1-20(2,15-29)26-13-18-14-27(34(31,32)19-5-4-12-33-19)10-11-28(18)17-8-6-16(7-9-17)21(3,30)22(23,24)25/h4-9,12,18,26,29-30H,10-11,13-15H2,1-3H3/t18-,21+/m0/s1. The monoisotopic (exact) mass is 521 g/mol. The summed E-state index contributed by atoms with van der Waals surface area (Å²) in [5, 5.41) is 24.5. The number of hydrogen-bond donors (Lipinski definition) is 3. The lowest BCUT2D eigenvalue weighted by Crippen LogP contribution is -2.60. The molecule has 0 amide bonds. The molecular weight excluding hydrogens is 491 g/mol. The van der Waals surface area contributed by atoms with Crippen LogP contribution in [-0.2, 0) is 15.6 Å². The van der Waals surface area contributed by atoms with Crippen molar-refractivity contribution in [1.82, 2.24) is 9.62 Å². The van der Waals surface area contributed by atoms with Crippen LogP contribution in [0.5, 0.6) is 0 Å². The molecule has 2 aromatic rings. The van der Waals surface area contributed by atoms with E-state index in [-0.39, 0.29) is 35.5 Å². The highest BCUT2D eigenvalue weighted by Crippen LogP contribution is 2.39. The smallest absolute Gasteiger partial charge is 0.394 e. The summed E-state index contributed by atoms with van der Waals surface area (Å²) < 4.78 is 67.4. The number of nitrogens with one attached hydrogen (secondary N) is 1. The molecule has 34 heavy (non-hydrogen) atoms. The molecule has 1 aliphatic rings. The lowest BCUT2D eigenvalue weighted by Gasteiger charge is -2.43. The Kier molecular flexibility index (Phi) is 7.71. The van der Waals surface area contributed by atoms with Gasteiger partial charge in [-0.2, -0.15) is 17.5 Å². The minimum absolute atomic E-state index is 0.127. The van der Waals surface area contributed by atoms with E-state index in [1.54, 1.807) is 17.5 Å². The minimum atomic E-state index is -4.82. The number of alkyl halides is 3. The maximum absolute atomic E-state index is 13.2. The van der Waals surface area contributed by atoms with Crippen molar-refractivity contribution in [3.05, 3.63) is 47.3 Å². The van der Waals surface area contributed by atoms with Crippen LogP contribution in [0.1, 0.15) is 26.3 Å². The molecular formula is C22H30F3N3O4S2. The molecule has 0 unspecified atom stereocenters. The van der Waals surface area contributed by atoms with Crippen molar-refractivity contribution in [3.8, 4) is 0 Å². The Balaban J connectivity index is 1.87. The van der Waals surface area contributed by atoms with Crippen molar-refractivity contribution in [3.63, 3.8) is 0 Å². The number of aliphatic hydroxyl groups excluding tert-OH is 1. The number of anilines is 1. The van der Waals surface area contributed by atoms with E-state index in [1.807, 2.05) is 18.7 Å². The minimum Gasteiger partial charge on any atom is -0.394 e. The highest BCUT2D eigenvalue weighted by Gasteiger charge is 2.51. The summed E-state index contributed by atoms with van der Waals surface area (Å²) in [6, 6.07) is 8.36. The van der Waals surface area contributed by atoms with Gasteiger partial charge < -0.3 is 20.4 Å². The van der Waals surface area contributed by atoms with Gasteiger partial charge in [-0.1, -0.05) is 18.2 Å². The summed E-state index contributed by atoms with van der Waals surface area (Å²) in [6.07, 6.45) is -4.82. The Bertz CT molecular complexity index is 1060. The lowest BCUT2D eigenvalue weighted by atomic mass is 9.95. The van der Waals surface area contributed by atoms with Gasteiger partial charge in [-0.05, 0) is 49.9 Å². The highest BCUT2D eigenvalue weighted by atomic mass is 32.2. The molecule has 2 heterocycles. The molecule has 3 N–H and O–H groups in total. The molecule has 0 radical (unpaired) electrons. The summed E-state index contributed by atoms with van der Waals surface area (Å²) in [5.41, 5.74) is -3.25. The van der Waals surface area contributed by atoms with E-state index in [4.69, 9.17) is 0 Å². The summed E-state index contributed by atoms with van der Waals surface area (Å²) >= 11 is 1.14. The second-order valence-corrected chi connectivity index (χ2v) is 12.3. The SMILES string of the molecule is CC(C)(CO)NC[C@H]1CN(S(=O)(=O)c2cccs2)CCN1c1ccc([C@@](C)(O)C(F)(F)F)cc1. The van der Waals surface area contributed by atoms with Crippen LogP contribution >= 0.6 is 11.3 Å². The van der Waals surface area contributed by atoms with Gasteiger partial charge in [0.2, 0.25) is 0 Å². The molecule has 1 aliphatic heterocycles. The van der Waals surface area contributed by atoms with E-state index in [0.29, 0.717) is 25.7 Å². The third-order valence-electron chi connectivity index (χ3n) is 6.06. The summed E-state index contributed by atoms with van der Waals surface area (Å²) in [7, 11) is -3.67. The average molecular weight is 522 g/mol. The summed E-state index contributed by atoms with van der Waals surface area (Å²) in [6.45, 7) is 5.25. The molecule has 3 rings (SSSR count). The first kappa shape index (κ1) is 26.9. The number of sulfonamides is 1. The van der Waals surface area contributed by atoms with Crippen LogP contribution in [0.3, 0.4) is 0 Å². The molecule has 1 saturated heterocycles. The second-order valence-electron chi connectivity index (χ2n) is 9.18. The Hall–Kier alpha value is -1.70. The van der Waals surface area contributed by atoms with Crippen molar-refractivity contribution in [2.45, 2.75) is 48.3 Å². The van der Waals surface area contributed by atoms with E-state index in [2.05, 4.69) is 5.32 Å². The van der Waals surface area contributed by atoms with Crippen molar-refractivity contribution in [1.29, 1.82) is 0 Å². The maximum atomic E-state index is 13.2. The molecule has 190 valence electrons. The van der Waals surface area contributed by atoms with Gasteiger partial charge in [-0.3, -0.25) is 0 Å². The third kappa shape index (κ3) is 5.58. The molecule has 0 spiro atoms. The molecule has 0 aliphatic carbocycles. The molecule has 2 atom stereocenters. The fourth-order valence-electron chi connectivity index (χ4n) is 3.69. The van der Waals surface area contributed by atoms with Gasteiger partial charge in [0, 0.05) is 37.4 Å². The van der Waals surface area contributed by atoms with Gasteiger partial charge >= 0.3 is 6.18 Å². The number of piperazine rings is 1. The van der Waals surface area contributed by atoms with Crippen LogP contribution in [0.4, 0.5) is 18.9 Å².